The van der Waals surface area contributed by atoms with Gasteiger partial charge in [-0.3, -0.25) is 0 Å². The van der Waals surface area contributed by atoms with Crippen molar-refractivity contribution < 1.29 is 9.53 Å². The number of hydrogen-bond acceptors (Lipinski definition) is 2. The summed E-state index contributed by atoms with van der Waals surface area (Å²) in [5.41, 5.74) is 5.07. The van der Waals surface area contributed by atoms with Gasteiger partial charge in [0.15, 0.2) is 0 Å². The van der Waals surface area contributed by atoms with Crippen LogP contribution in [0.5, 0.6) is 0 Å². The van der Waals surface area contributed by atoms with Crippen LogP contribution in [0.15, 0.2) is 48.5 Å². The van der Waals surface area contributed by atoms with E-state index in [-0.39, 0.29) is 12.0 Å². The first-order valence-corrected chi connectivity index (χ1v) is 10.6. The predicted molar refractivity (Wildman–Crippen MR) is 106 cm³/mol. The summed E-state index contributed by atoms with van der Waals surface area (Å²) in [7, 11) is 0. The van der Waals surface area contributed by atoms with E-state index >= 15 is 0 Å². The number of nitrogens with zero attached hydrogens (tertiary/aromatic N) is 1. The third-order valence-corrected chi connectivity index (χ3v) is 7.24. The van der Waals surface area contributed by atoms with E-state index in [1.54, 1.807) is 0 Å². The van der Waals surface area contributed by atoms with Crippen LogP contribution in [0, 0.1) is 5.92 Å². The topological polar surface area (TPSA) is 29.5 Å². The van der Waals surface area contributed by atoms with Crippen LogP contribution >= 0.6 is 15.9 Å². The van der Waals surface area contributed by atoms with Crippen LogP contribution < -0.4 is 0 Å². The summed E-state index contributed by atoms with van der Waals surface area (Å²) in [6.07, 6.45) is 3.23. The van der Waals surface area contributed by atoms with Gasteiger partial charge in [0.05, 0.1) is 0 Å². The Hall–Kier alpha value is -1.81. The van der Waals surface area contributed by atoms with Gasteiger partial charge in [0.2, 0.25) is 0 Å². The fraction of sp³-hybridized carbons (Fsp3) is 0.409. The molecule has 1 aliphatic carbocycles. The molecule has 2 saturated heterocycles. The predicted octanol–water partition coefficient (Wildman–Crippen LogP) is 5.18. The second-order valence-electron chi connectivity index (χ2n) is 7.66. The molecule has 0 aromatic heterocycles. The van der Waals surface area contributed by atoms with Gasteiger partial charge in [0, 0.05) is 23.3 Å². The molecule has 2 heterocycles. The highest BCUT2D eigenvalue weighted by Gasteiger charge is 2.48. The Bertz CT molecular complexity index is 806. The maximum atomic E-state index is 12.8. The molecule has 0 N–H and O–H groups in total. The first-order chi connectivity index (χ1) is 12.8. The van der Waals surface area contributed by atoms with Gasteiger partial charge in [0.25, 0.3) is 0 Å². The van der Waals surface area contributed by atoms with Crippen LogP contribution in [-0.2, 0) is 4.74 Å². The van der Waals surface area contributed by atoms with Crippen molar-refractivity contribution in [3.8, 4) is 11.1 Å². The molecule has 0 spiro atoms. The van der Waals surface area contributed by atoms with Crippen molar-refractivity contribution in [3.05, 3.63) is 59.7 Å². The van der Waals surface area contributed by atoms with E-state index in [9.17, 15) is 4.79 Å². The third-order valence-electron chi connectivity index (χ3n) is 6.41. The van der Waals surface area contributed by atoms with Crippen molar-refractivity contribution in [3.63, 3.8) is 0 Å². The lowest BCUT2D eigenvalue weighted by Crippen LogP contribution is -2.37. The van der Waals surface area contributed by atoms with Crippen molar-refractivity contribution in [2.75, 3.05) is 11.9 Å². The molecular weight excluding hydrogens is 390 g/mol. The Morgan fingerprint density at radius 2 is 1.69 bits per heavy atom. The van der Waals surface area contributed by atoms with Crippen LogP contribution in [0.4, 0.5) is 4.79 Å². The van der Waals surface area contributed by atoms with Crippen LogP contribution in [0.1, 0.15) is 36.3 Å². The number of fused-ring (bicyclic) bond motifs is 5. The van der Waals surface area contributed by atoms with E-state index in [0.29, 0.717) is 24.6 Å². The molecule has 3 nitrogen and oxygen atoms in total. The highest BCUT2D eigenvalue weighted by molar-refractivity contribution is 9.09. The SMILES string of the molecule is O=C(OCC1c2ccccc2-c2ccccc21)N1C2CCC1C(CBr)C2. The molecule has 3 aliphatic rings. The summed E-state index contributed by atoms with van der Waals surface area (Å²) in [6, 6.07) is 17.7. The van der Waals surface area contributed by atoms with E-state index < -0.39 is 0 Å². The molecule has 2 bridgehead atoms. The molecule has 0 saturated carbocycles. The zero-order chi connectivity index (χ0) is 17.7. The van der Waals surface area contributed by atoms with Crippen LogP contribution in [0.2, 0.25) is 0 Å². The molecule has 2 aromatic rings. The largest absolute Gasteiger partial charge is 0.448 e. The molecule has 3 atom stereocenters. The summed E-state index contributed by atoms with van der Waals surface area (Å²) in [4.78, 5) is 14.9. The van der Waals surface area contributed by atoms with Gasteiger partial charge in [-0.2, -0.15) is 0 Å². The van der Waals surface area contributed by atoms with Crippen molar-refractivity contribution in [1.29, 1.82) is 0 Å². The second kappa shape index (κ2) is 6.41. The minimum atomic E-state index is -0.122. The number of rotatable bonds is 3. The maximum absolute atomic E-state index is 12.8. The first kappa shape index (κ1) is 16.4. The highest BCUT2D eigenvalue weighted by atomic mass is 79.9. The average molecular weight is 412 g/mol. The molecule has 1 amide bonds. The Morgan fingerprint density at radius 1 is 1.04 bits per heavy atom. The Labute approximate surface area is 162 Å². The lowest BCUT2D eigenvalue weighted by molar-refractivity contribution is 0.0926. The number of benzene rings is 2. The summed E-state index contributed by atoms with van der Waals surface area (Å²) in [6.45, 7) is 0.418. The maximum Gasteiger partial charge on any atom is 0.410 e. The molecule has 2 fully saturated rings. The number of hydrogen-bond donors (Lipinski definition) is 0. The number of carbonyl (C=O) groups is 1. The Kier molecular flexibility index (Phi) is 4.04. The van der Waals surface area contributed by atoms with Gasteiger partial charge in [-0.1, -0.05) is 64.5 Å². The Balaban J connectivity index is 1.35. The minimum absolute atomic E-state index is 0.122. The standard InChI is InChI=1S/C22H22BrNO2/c23-12-14-11-15-9-10-21(14)24(15)22(25)26-13-20-18-7-3-1-5-16(18)17-6-2-4-8-19(17)20/h1-8,14-15,20-21H,9-13H2. The van der Waals surface area contributed by atoms with Gasteiger partial charge in [-0.05, 0) is 47.4 Å². The van der Waals surface area contributed by atoms with Crippen molar-refractivity contribution >= 4 is 22.0 Å². The first-order valence-electron chi connectivity index (χ1n) is 9.47. The number of halogens is 1. The molecule has 4 heteroatoms. The van der Waals surface area contributed by atoms with Gasteiger partial charge in [0.1, 0.15) is 6.61 Å². The molecule has 2 aliphatic heterocycles. The second-order valence-corrected chi connectivity index (χ2v) is 8.31. The van der Waals surface area contributed by atoms with E-state index in [1.165, 1.54) is 22.3 Å². The van der Waals surface area contributed by atoms with Crippen LogP contribution in [0.25, 0.3) is 11.1 Å². The molecule has 3 unspecified atom stereocenters. The summed E-state index contributed by atoms with van der Waals surface area (Å²) < 4.78 is 5.87. The summed E-state index contributed by atoms with van der Waals surface area (Å²) in [5, 5.41) is 0.974. The molecule has 0 radical (unpaired) electrons. The quantitative estimate of drug-likeness (QED) is 0.650. The number of carbonyl (C=O) groups excluding carboxylic acids is 1. The van der Waals surface area contributed by atoms with Crippen molar-refractivity contribution in [2.45, 2.75) is 37.3 Å². The smallest absolute Gasteiger partial charge is 0.410 e. The van der Waals surface area contributed by atoms with Gasteiger partial charge in [-0.15, -0.1) is 0 Å². The van der Waals surface area contributed by atoms with E-state index in [2.05, 4.69) is 64.5 Å². The molecule has 26 heavy (non-hydrogen) atoms. The molecular formula is C22H22BrNO2. The average Bonchev–Trinajstić information content (AvgIpc) is 3.35. The molecule has 2 aromatic carbocycles. The molecule has 5 rings (SSSR count). The monoisotopic (exact) mass is 411 g/mol. The van der Waals surface area contributed by atoms with E-state index in [0.717, 1.165) is 24.6 Å². The third kappa shape index (κ3) is 2.42. The fourth-order valence-corrected chi connectivity index (χ4v) is 5.93. The zero-order valence-corrected chi connectivity index (χ0v) is 16.2. The normalized spacial score (nSPS) is 26.0. The number of ether oxygens (including phenoxy) is 1. The minimum Gasteiger partial charge on any atom is -0.448 e. The van der Waals surface area contributed by atoms with Crippen LogP contribution in [-0.4, -0.2) is 35.0 Å². The molecule has 134 valence electrons. The highest BCUT2D eigenvalue weighted by Crippen LogP contribution is 2.45. The van der Waals surface area contributed by atoms with Gasteiger partial charge < -0.3 is 9.64 Å². The lowest BCUT2D eigenvalue weighted by Gasteiger charge is -2.24. The van der Waals surface area contributed by atoms with Crippen molar-refractivity contribution in [2.24, 2.45) is 5.92 Å². The van der Waals surface area contributed by atoms with Crippen LogP contribution in [0.3, 0.4) is 0 Å². The van der Waals surface area contributed by atoms with E-state index in [4.69, 9.17) is 4.74 Å². The number of alkyl halides is 1. The van der Waals surface area contributed by atoms with Crippen molar-refractivity contribution in [1.82, 2.24) is 4.90 Å². The lowest BCUT2D eigenvalue weighted by atomic mass is 9.91. The fourth-order valence-electron chi connectivity index (χ4n) is 5.23. The number of amides is 1. The zero-order valence-electron chi connectivity index (χ0n) is 14.6. The van der Waals surface area contributed by atoms with E-state index in [1.807, 2.05) is 4.90 Å². The van der Waals surface area contributed by atoms with Gasteiger partial charge >= 0.3 is 6.09 Å². The van der Waals surface area contributed by atoms with Gasteiger partial charge in [-0.25, -0.2) is 4.79 Å². The summed E-state index contributed by atoms with van der Waals surface area (Å²) in [5.74, 6) is 0.716. The Morgan fingerprint density at radius 3 is 2.31 bits per heavy atom. The summed E-state index contributed by atoms with van der Waals surface area (Å²) >= 11 is 3.60.